The van der Waals surface area contributed by atoms with Gasteiger partial charge in [-0.15, -0.1) is 0 Å². The van der Waals surface area contributed by atoms with Gasteiger partial charge in [0.05, 0.1) is 31.7 Å². The van der Waals surface area contributed by atoms with Crippen LogP contribution < -0.4 is 20.1 Å². The van der Waals surface area contributed by atoms with Gasteiger partial charge in [0, 0.05) is 5.92 Å². The van der Waals surface area contributed by atoms with Crippen molar-refractivity contribution in [2.45, 2.75) is 65.5 Å². The van der Waals surface area contributed by atoms with Crippen LogP contribution >= 0.6 is 7.75 Å². The van der Waals surface area contributed by atoms with E-state index in [9.17, 15) is 9.36 Å². The van der Waals surface area contributed by atoms with Crippen LogP contribution in [0, 0.1) is 5.92 Å². The van der Waals surface area contributed by atoms with Gasteiger partial charge in [-0.25, -0.2) is 9.55 Å². The molecule has 39 heavy (non-hydrogen) atoms. The van der Waals surface area contributed by atoms with Crippen LogP contribution in [0.5, 0.6) is 11.6 Å². The first-order chi connectivity index (χ1) is 18.6. The van der Waals surface area contributed by atoms with E-state index < -0.39 is 32.1 Å². The normalized spacial score (nSPS) is 21.5. The van der Waals surface area contributed by atoms with Crippen LogP contribution in [0.3, 0.4) is 0 Å². The van der Waals surface area contributed by atoms with Crippen molar-refractivity contribution >= 4 is 30.8 Å². The van der Waals surface area contributed by atoms with Gasteiger partial charge in [0.1, 0.15) is 18.0 Å². The van der Waals surface area contributed by atoms with Crippen LogP contribution in [0.25, 0.3) is 11.2 Å². The number of rotatable bonds is 12. The van der Waals surface area contributed by atoms with Gasteiger partial charge in [0.2, 0.25) is 11.8 Å². The zero-order valence-electron chi connectivity index (χ0n) is 22.6. The molecule has 0 saturated carbocycles. The van der Waals surface area contributed by atoms with Gasteiger partial charge in [-0.05, 0) is 46.2 Å². The van der Waals surface area contributed by atoms with Gasteiger partial charge in [-0.3, -0.25) is 13.9 Å². The van der Waals surface area contributed by atoms with Gasteiger partial charge in [0.15, 0.2) is 11.2 Å². The Morgan fingerprint density at radius 2 is 2.00 bits per heavy atom. The Bertz CT molecular complexity index is 1320. The summed E-state index contributed by atoms with van der Waals surface area (Å²) in [6, 6.07) is 7.63. The number of nitrogens with zero attached hydrogens (tertiary/aromatic N) is 4. The van der Waals surface area contributed by atoms with Crippen molar-refractivity contribution in [1.82, 2.24) is 24.6 Å². The average molecular weight is 563 g/mol. The summed E-state index contributed by atoms with van der Waals surface area (Å²) in [6.45, 7) is 9.21. The molecule has 14 heteroatoms. The summed E-state index contributed by atoms with van der Waals surface area (Å²) in [7, 11) is -4.01. The van der Waals surface area contributed by atoms with Gasteiger partial charge in [-0.2, -0.15) is 15.1 Å². The summed E-state index contributed by atoms with van der Waals surface area (Å²) < 4.78 is 44.1. The second kappa shape index (κ2) is 12.3. The van der Waals surface area contributed by atoms with Crippen molar-refractivity contribution in [1.29, 1.82) is 0 Å². The van der Waals surface area contributed by atoms with Crippen molar-refractivity contribution in [2.75, 3.05) is 18.9 Å². The molecule has 0 amide bonds. The maximum atomic E-state index is 13.8. The highest BCUT2D eigenvalue weighted by Crippen LogP contribution is 2.46. The quantitative estimate of drug-likeness (QED) is 0.242. The van der Waals surface area contributed by atoms with Crippen molar-refractivity contribution in [3.8, 4) is 11.6 Å². The van der Waals surface area contributed by atoms with Crippen molar-refractivity contribution in [3.05, 3.63) is 36.7 Å². The molecule has 1 aromatic carbocycles. The molecule has 2 aromatic heterocycles. The number of hydrogen-bond acceptors (Lipinski definition) is 11. The average Bonchev–Trinajstić information content (AvgIpc) is 3.46. The first-order valence-corrected chi connectivity index (χ1v) is 14.4. The highest BCUT2D eigenvalue weighted by Gasteiger charge is 2.38. The molecule has 0 aliphatic carbocycles. The third-order valence-corrected chi connectivity index (χ3v) is 7.52. The molecule has 1 aliphatic rings. The molecule has 1 saturated heterocycles. The van der Waals surface area contributed by atoms with E-state index in [-0.39, 0.29) is 24.6 Å². The molecule has 0 spiro atoms. The van der Waals surface area contributed by atoms with E-state index in [4.69, 9.17) is 29.0 Å². The lowest BCUT2D eigenvalue weighted by atomic mass is 10.1. The molecule has 3 heterocycles. The number of carbonyl (C=O) groups is 1. The Morgan fingerprint density at radius 3 is 2.69 bits per heavy atom. The van der Waals surface area contributed by atoms with Crippen LogP contribution in [0.1, 0.15) is 47.3 Å². The molecule has 212 valence electrons. The van der Waals surface area contributed by atoms with Crippen LogP contribution in [-0.4, -0.2) is 57.0 Å². The number of anilines is 1. The largest absolute Gasteiger partial charge is 0.476 e. The molecule has 3 N–H and O–H groups in total. The number of carbonyl (C=O) groups excluding carboxylic acids is 1. The zero-order valence-corrected chi connectivity index (χ0v) is 23.5. The second-order valence-electron chi connectivity index (χ2n) is 9.54. The van der Waals surface area contributed by atoms with Gasteiger partial charge < -0.3 is 24.5 Å². The van der Waals surface area contributed by atoms with E-state index in [0.29, 0.717) is 35.8 Å². The van der Waals surface area contributed by atoms with Crippen LogP contribution in [0.4, 0.5) is 5.95 Å². The van der Waals surface area contributed by atoms with E-state index in [2.05, 4.69) is 20.0 Å². The topological polar surface area (TPSA) is 162 Å². The molecule has 4 rings (SSSR count). The number of fused-ring (bicyclic) bond motifs is 1. The van der Waals surface area contributed by atoms with E-state index >= 15 is 0 Å². The summed E-state index contributed by atoms with van der Waals surface area (Å²) in [4.78, 5) is 25.3. The lowest BCUT2D eigenvalue weighted by Crippen LogP contribution is -2.36. The minimum Gasteiger partial charge on any atom is -0.476 e. The predicted molar refractivity (Wildman–Crippen MR) is 143 cm³/mol. The number of nitrogens with two attached hydrogens (primary N) is 1. The van der Waals surface area contributed by atoms with Crippen LogP contribution in [0.2, 0.25) is 0 Å². The van der Waals surface area contributed by atoms with Crippen LogP contribution in [0.15, 0.2) is 36.7 Å². The predicted octanol–water partition coefficient (Wildman–Crippen LogP) is 3.86. The van der Waals surface area contributed by atoms with Gasteiger partial charge in [0.25, 0.3) is 0 Å². The third-order valence-electron chi connectivity index (χ3n) is 5.87. The molecule has 0 bridgehead atoms. The van der Waals surface area contributed by atoms with E-state index in [1.54, 1.807) is 55.1 Å². The fourth-order valence-electron chi connectivity index (χ4n) is 4.21. The Morgan fingerprint density at radius 1 is 1.26 bits per heavy atom. The smallest absolute Gasteiger partial charge is 0.459 e. The molecule has 0 unspecified atom stereocenters. The van der Waals surface area contributed by atoms with Crippen molar-refractivity contribution < 1.29 is 32.6 Å². The van der Waals surface area contributed by atoms with E-state index in [0.717, 1.165) is 0 Å². The summed E-state index contributed by atoms with van der Waals surface area (Å²) in [5.41, 5.74) is 6.87. The highest BCUT2D eigenvalue weighted by molar-refractivity contribution is 7.52. The minimum atomic E-state index is -4.01. The zero-order chi connectivity index (χ0) is 28.2. The van der Waals surface area contributed by atoms with Crippen molar-refractivity contribution in [2.24, 2.45) is 5.92 Å². The number of aromatic nitrogens is 4. The maximum Gasteiger partial charge on any atom is 0.459 e. The summed E-state index contributed by atoms with van der Waals surface area (Å²) in [6.07, 6.45) is 1.01. The molecule has 5 atom stereocenters. The van der Waals surface area contributed by atoms with Gasteiger partial charge >= 0.3 is 13.7 Å². The van der Waals surface area contributed by atoms with E-state index in [1.165, 1.54) is 6.92 Å². The number of para-hydroxylation sites is 1. The lowest BCUT2D eigenvalue weighted by Gasteiger charge is -2.24. The fraction of sp³-hybridized carbons (Fsp3) is 0.520. The number of esters is 1. The number of nitrogens with one attached hydrogen (secondary N) is 1. The number of hydrogen-bond donors (Lipinski definition) is 2. The highest BCUT2D eigenvalue weighted by atomic mass is 31.2. The van der Waals surface area contributed by atoms with Crippen molar-refractivity contribution in [3.63, 3.8) is 0 Å². The summed E-state index contributed by atoms with van der Waals surface area (Å²) >= 11 is 0. The first-order valence-electron chi connectivity index (χ1n) is 12.8. The maximum absolute atomic E-state index is 13.8. The number of nitrogen functional groups attached to an aromatic ring is 1. The second-order valence-corrected chi connectivity index (χ2v) is 11.2. The SMILES string of the molecule is CCOc1nc(N)nc2c1ncn2[C@@H]1O[C@H](CO[P@@](=O)(N[C@@H](C)C(=O)OC(C)C)Oc2ccccc2)C[C@@H]1C. The molecule has 3 aromatic rings. The summed E-state index contributed by atoms with van der Waals surface area (Å²) in [5.74, 6) is 0.150. The Hall–Kier alpha value is -3.25. The molecule has 0 radical (unpaired) electrons. The minimum absolute atomic E-state index is 0.0325. The Balaban J connectivity index is 1.48. The first kappa shape index (κ1) is 28.8. The Kier molecular flexibility index (Phi) is 9.06. The lowest BCUT2D eigenvalue weighted by molar-refractivity contribution is -0.149. The monoisotopic (exact) mass is 562 g/mol. The number of benzene rings is 1. The standard InChI is InChI=1S/C25H35N6O7P/c1-6-34-22-20-21(28-25(26)29-22)31(14-27-20)23-16(4)12-19(37-23)13-35-39(33,38-18-10-8-7-9-11-18)30-17(5)24(32)36-15(2)3/h7-11,14-17,19,23H,6,12-13H2,1-5H3,(H,30,33)(H2,26,28,29)/t16-,17-,19-,23+,39-/m0/s1. The number of imidazole rings is 1. The molecular formula is C25H35N6O7P. The van der Waals surface area contributed by atoms with Gasteiger partial charge in [-0.1, -0.05) is 25.1 Å². The molecule has 1 aliphatic heterocycles. The molecule has 1 fully saturated rings. The molecular weight excluding hydrogens is 527 g/mol. The molecule has 13 nitrogen and oxygen atoms in total. The third kappa shape index (κ3) is 7.04. The van der Waals surface area contributed by atoms with E-state index in [1.807, 2.05) is 13.8 Å². The number of ether oxygens (including phenoxy) is 3. The fourth-order valence-corrected chi connectivity index (χ4v) is 5.73. The Labute approximate surface area is 226 Å². The summed E-state index contributed by atoms with van der Waals surface area (Å²) in [5, 5.41) is 2.69. The van der Waals surface area contributed by atoms with Crippen LogP contribution in [-0.2, 0) is 23.4 Å².